The first-order valence-corrected chi connectivity index (χ1v) is 9.07. The van der Waals surface area contributed by atoms with Crippen molar-refractivity contribution in [2.45, 2.75) is 47.8 Å². The van der Waals surface area contributed by atoms with E-state index in [1.165, 1.54) is 6.21 Å². The number of nitrogens with one attached hydrogen (secondary N) is 1. The van der Waals surface area contributed by atoms with Gasteiger partial charge >= 0.3 is 5.51 Å². The van der Waals surface area contributed by atoms with Crippen LogP contribution in [0.2, 0.25) is 0 Å². The molecule has 0 unspecified atom stereocenters. The highest BCUT2D eigenvalue weighted by Crippen LogP contribution is 2.51. The Balaban J connectivity index is 2.06. The van der Waals surface area contributed by atoms with E-state index in [-0.39, 0.29) is 11.7 Å². The van der Waals surface area contributed by atoms with Crippen molar-refractivity contribution in [3.8, 4) is 5.75 Å². The monoisotopic (exact) mass is 399 g/mol. The van der Waals surface area contributed by atoms with E-state index in [2.05, 4.69) is 0 Å². The minimum Gasteiger partial charge on any atom is -0.490 e. The van der Waals surface area contributed by atoms with Crippen LogP contribution in [-0.4, -0.2) is 37.3 Å². The van der Waals surface area contributed by atoms with Crippen molar-refractivity contribution in [2.24, 2.45) is 5.92 Å². The molecule has 0 spiro atoms. The van der Waals surface area contributed by atoms with E-state index in [4.69, 9.17) is 10.1 Å². The number of aliphatic hydroxyl groups excluding tert-OH is 1. The van der Waals surface area contributed by atoms with Gasteiger partial charge < -0.3 is 15.3 Å². The smallest absolute Gasteiger partial charge is 0.490 e. The molecule has 0 saturated heterocycles. The third-order valence-corrected chi connectivity index (χ3v) is 6.16. The minimum atomic E-state index is -5.91. The molecule has 3 rings (SSSR count). The van der Waals surface area contributed by atoms with E-state index in [9.17, 15) is 35.5 Å². The first kappa shape index (κ1) is 19.0. The van der Waals surface area contributed by atoms with Crippen molar-refractivity contribution in [3.05, 3.63) is 23.3 Å². The second kappa shape index (κ2) is 5.88. The van der Waals surface area contributed by atoms with Crippen LogP contribution in [0, 0.1) is 11.3 Å². The Hall–Kier alpha value is -1.75. The molecule has 1 atom stereocenters. The molecule has 0 bridgehead atoms. The number of halogens is 5. The Morgan fingerprint density at radius 2 is 1.88 bits per heavy atom. The van der Waals surface area contributed by atoms with Gasteiger partial charge in [-0.25, -0.2) is 17.2 Å². The van der Waals surface area contributed by atoms with Crippen molar-refractivity contribution in [1.29, 1.82) is 5.41 Å². The third-order valence-electron chi connectivity index (χ3n) is 4.61. The zero-order chi connectivity index (χ0) is 19.5. The van der Waals surface area contributed by atoms with E-state index in [0.29, 0.717) is 18.9 Å². The zero-order valence-corrected chi connectivity index (χ0v) is 13.9. The summed E-state index contributed by atoms with van der Waals surface area (Å²) in [6, 6.07) is 1.44. The predicted molar refractivity (Wildman–Crippen MR) is 79.2 cm³/mol. The quantitative estimate of drug-likeness (QED) is 0.602. The summed E-state index contributed by atoms with van der Waals surface area (Å²) >= 11 is 0. The van der Waals surface area contributed by atoms with Crippen LogP contribution >= 0.6 is 0 Å². The number of benzene rings is 1. The molecular formula is C15H14F5NO4S. The van der Waals surface area contributed by atoms with E-state index < -0.39 is 55.9 Å². The van der Waals surface area contributed by atoms with Crippen LogP contribution in [0.25, 0.3) is 0 Å². The molecule has 144 valence electrons. The lowest BCUT2D eigenvalue weighted by molar-refractivity contribution is -0.0979. The van der Waals surface area contributed by atoms with Gasteiger partial charge in [-0.2, -0.15) is 13.2 Å². The van der Waals surface area contributed by atoms with Gasteiger partial charge in [-0.15, -0.1) is 0 Å². The van der Waals surface area contributed by atoms with Crippen LogP contribution in [-0.2, 0) is 16.3 Å². The predicted octanol–water partition coefficient (Wildman–Crippen LogP) is 3.01. The number of sulfone groups is 1. The average Bonchev–Trinajstić information content (AvgIpc) is 2.72. The fourth-order valence-electron chi connectivity index (χ4n) is 3.14. The SMILES string of the molecule is N=CC1CC(Oc2ccc(S(=O)(=O)C(F)(F)F)c3c2CC(F)(F)[C@H]3O)C1. The molecule has 1 aromatic carbocycles. The summed E-state index contributed by atoms with van der Waals surface area (Å²) in [5.41, 5.74) is -7.09. The maximum atomic E-state index is 13.9. The van der Waals surface area contributed by atoms with Gasteiger partial charge in [0.2, 0.25) is 0 Å². The van der Waals surface area contributed by atoms with Crippen molar-refractivity contribution in [1.82, 2.24) is 0 Å². The van der Waals surface area contributed by atoms with Gasteiger partial charge in [-0.05, 0) is 31.2 Å². The molecule has 0 radical (unpaired) electrons. The van der Waals surface area contributed by atoms with Crippen LogP contribution in [0.5, 0.6) is 5.75 Å². The molecule has 11 heteroatoms. The number of alkyl halides is 5. The normalized spacial score (nSPS) is 27.5. The molecule has 2 N–H and O–H groups in total. The largest absolute Gasteiger partial charge is 0.501 e. The average molecular weight is 399 g/mol. The Kier molecular flexibility index (Phi) is 4.30. The Morgan fingerprint density at radius 3 is 2.42 bits per heavy atom. The van der Waals surface area contributed by atoms with E-state index in [1.807, 2.05) is 0 Å². The number of hydrogen-bond donors (Lipinski definition) is 2. The number of fused-ring (bicyclic) bond motifs is 1. The van der Waals surface area contributed by atoms with Gasteiger partial charge in [0.1, 0.15) is 11.9 Å². The van der Waals surface area contributed by atoms with Gasteiger partial charge in [-0.3, -0.25) is 0 Å². The van der Waals surface area contributed by atoms with Gasteiger partial charge in [0.05, 0.1) is 11.0 Å². The molecule has 1 saturated carbocycles. The Bertz CT molecular complexity index is 846. The van der Waals surface area contributed by atoms with E-state index in [1.54, 1.807) is 0 Å². The summed E-state index contributed by atoms with van der Waals surface area (Å²) in [6.45, 7) is 0. The molecule has 0 aromatic heterocycles. The number of ether oxygens (including phenoxy) is 1. The summed E-state index contributed by atoms with van der Waals surface area (Å²) in [5.74, 6) is -4.01. The fraction of sp³-hybridized carbons (Fsp3) is 0.533. The first-order chi connectivity index (χ1) is 11.9. The van der Waals surface area contributed by atoms with Gasteiger partial charge in [0.25, 0.3) is 15.8 Å². The number of rotatable bonds is 4. The lowest BCUT2D eigenvalue weighted by atomic mass is 9.83. The third kappa shape index (κ3) is 2.86. The standard InChI is InChI=1S/C15H14F5NO4S/c16-14(17)5-9-10(25-8-3-7(4-8)6-21)1-2-11(12(9)13(14)22)26(23,24)15(18,19)20/h1-2,6-8,13,21-22H,3-5H2/t7?,8?,13-/m0/s1. The Labute approximate surface area is 145 Å². The summed E-state index contributed by atoms with van der Waals surface area (Å²) < 4.78 is 95.3. The maximum absolute atomic E-state index is 13.9. The minimum absolute atomic E-state index is 0.0232. The van der Waals surface area contributed by atoms with Gasteiger partial charge in [-0.1, -0.05) is 0 Å². The van der Waals surface area contributed by atoms with E-state index in [0.717, 1.165) is 6.07 Å². The molecule has 2 aliphatic rings. The summed E-state index contributed by atoms with van der Waals surface area (Å²) in [5, 5.41) is 16.9. The highest BCUT2D eigenvalue weighted by molar-refractivity contribution is 7.92. The fourth-order valence-corrected chi connectivity index (χ4v) is 4.16. The maximum Gasteiger partial charge on any atom is 0.501 e. The molecule has 0 amide bonds. The highest BCUT2D eigenvalue weighted by Gasteiger charge is 2.55. The molecule has 0 heterocycles. The first-order valence-electron chi connectivity index (χ1n) is 7.58. The molecule has 26 heavy (non-hydrogen) atoms. The summed E-state index contributed by atoms with van der Waals surface area (Å²) in [7, 11) is -5.91. The van der Waals surface area contributed by atoms with Crippen molar-refractivity contribution in [2.75, 3.05) is 0 Å². The van der Waals surface area contributed by atoms with Crippen LogP contribution in [0.1, 0.15) is 30.1 Å². The molecule has 5 nitrogen and oxygen atoms in total. The van der Waals surface area contributed by atoms with Crippen molar-refractivity contribution in [3.63, 3.8) is 0 Å². The van der Waals surface area contributed by atoms with Gasteiger partial charge in [0, 0.05) is 23.5 Å². The molecule has 2 aliphatic carbocycles. The zero-order valence-electron chi connectivity index (χ0n) is 13.1. The van der Waals surface area contributed by atoms with Crippen LogP contribution in [0.4, 0.5) is 22.0 Å². The molecule has 1 fully saturated rings. The van der Waals surface area contributed by atoms with Crippen LogP contribution in [0.3, 0.4) is 0 Å². The second-order valence-electron chi connectivity index (χ2n) is 6.38. The number of hydrogen-bond acceptors (Lipinski definition) is 5. The summed E-state index contributed by atoms with van der Waals surface area (Å²) in [6.07, 6.45) is -2.12. The van der Waals surface area contributed by atoms with Crippen molar-refractivity contribution >= 4 is 16.1 Å². The lowest BCUT2D eigenvalue weighted by Gasteiger charge is -2.33. The van der Waals surface area contributed by atoms with E-state index >= 15 is 0 Å². The summed E-state index contributed by atoms with van der Waals surface area (Å²) in [4.78, 5) is -1.39. The second-order valence-corrected chi connectivity index (χ2v) is 8.29. The molecule has 0 aliphatic heterocycles. The topological polar surface area (TPSA) is 87.5 Å². The number of aliphatic hydroxyl groups is 1. The van der Waals surface area contributed by atoms with Crippen molar-refractivity contribution < 1.29 is 40.2 Å². The molecule has 1 aromatic rings. The van der Waals surface area contributed by atoms with Crippen LogP contribution in [0.15, 0.2) is 17.0 Å². The van der Waals surface area contributed by atoms with Crippen LogP contribution < -0.4 is 4.74 Å². The lowest BCUT2D eigenvalue weighted by Crippen LogP contribution is -2.34. The highest BCUT2D eigenvalue weighted by atomic mass is 32.2. The van der Waals surface area contributed by atoms with Gasteiger partial charge in [0.15, 0.2) is 0 Å². The molecular weight excluding hydrogens is 385 g/mol. The Morgan fingerprint density at radius 1 is 1.27 bits per heavy atom.